The average molecular weight is 218 g/mol. The highest BCUT2D eigenvalue weighted by molar-refractivity contribution is 14.0. The zero-order valence-corrected chi connectivity index (χ0v) is 7.69. The summed E-state index contributed by atoms with van der Waals surface area (Å²) in [4.78, 5) is 0. The molecule has 1 saturated carbocycles. The summed E-state index contributed by atoms with van der Waals surface area (Å²) >= 11 is 0. The summed E-state index contributed by atoms with van der Waals surface area (Å²) in [5, 5.41) is 0. The van der Waals surface area contributed by atoms with Gasteiger partial charge in [0.25, 0.3) is 0 Å². The lowest BCUT2D eigenvalue weighted by atomic mass is 10.0. The van der Waals surface area contributed by atoms with Crippen molar-refractivity contribution in [2.24, 2.45) is 0 Å². The molecule has 1 aliphatic carbocycles. The standard InChI is InChI=1S/C4H8.HI.H3P/c1-2-4-3-1;;/h1-4H2;1H;1H3. The van der Waals surface area contributed by atoms with E-state index in [2.05, 4.69) is 0 Å². The van der Waals surface area contributed by atoms with Crippen molar-refractivity contribution >= 4 is 33.9 Å². The third-order valence-corrected chi connectivity index (χ3v) is 1.000. The van der Waals surface area contributed by atoms with E-state index in [4.69, 9.17) is 0 Å². The van der Waals surface area contributed by atoms with Crippen LogP contribution in [0.25, 0.3) is 0 Å². The maximum absolute atomic E-state index is 1.50. The Labute approximate surface area is 59.7 Å². The molecule has 40 valence electrons. The molecule has 0 saturated heterocycles. The van der Waals surface area contributed by atoms with Crippen LogP contribution >= 0.6 is 33.9 Å². The molecule has 0 aromatic heterocycles. The van der Waals surface area contributed by atoms with Gasteiger partial charge in [0, 0.05) is 0 Å². The minimum absolute atomic E-state index is 0. The molecule has 1 atom stereocenters. The van der Waals surface area contributed by atoms with Gasteiger partial charge in [-0.3, -0.25) is 0 Å². The Bertz CT molecular complexity index is 15.5. The van der Waals surface area contributed by atoms with Crippen LogP contribution in [0, 0.1) is 0 Å². The van der Waals surface area contributed by atoms with Gasteiger partial charge in [-0.15, -0.1) is 24.0 Å². The van der Waals surface area contributed by atoms with Gasteiger partial charge < -0.3 is 0 Å². The van der Waals surface area contributed by atoms with Gasteiger partial charge in [-0.25, -0.2) is 0 Å². The molecule has 0 spiro atoms. The first-order chi connectivity index (χ1) is 2.00. The second kappa shape index (κ2) is 6.16. The van der Waals surface area contributed by atoms with Gasteiger partial charge in [-0.05, 0) is 0 Å². The van der Waals surface area contributed by atoms with Crippen LogP contribution in [0.1, 0.15) is 25.7 Å². The van der Waals surface area contributed by atoms with E-state index in [9.17, 15) is 0 Å². The highest BCUT2D eigenvalue weighted by Crippen LogP contribution is 2.15. The fourth-order valence-electron chi connectivity index (χ4n) is 0.250. The third kappa shape index (κ3) is 3.35. The summed E-state index contributed by atoms with van der Waals surface area (Å²) in [6.07, 6.45) is 6.00. The largest absolute Gasteiger partial charge is 0.153 e. The Morgan fingerprint density at radius 3 is 0.833 bits per heavy atom. The van der Waals surface area contributed by atoms with Gasteiger partial charge in [0.2, 0.25) is 0 Å². The van der Waals surface area contributed by atoms with Crippen LogP contribution in [0.15, 0.2) is 0 Å². The van der Waals surface area contributed by atoms with Crippen molar-refractivity contribution in [2.45, 2.75) is 25.7 Å². The molecule has 0 N–H and O–H groups in total. The molecule has 0 heterocycles. The predicted octanol–water partition coefficient (Wildman–Crippen LogP) is 2.24. The van der Waals surface area contributed by atoms with E-state index in [1.165, 1.54) is 25.7 Å². The van der Waals surface area contributed by atoms with Crippen LogP contribution in [-0.4, -0.2) is 0 Å². The minimum Gasteiger partial charge on any atom is -0.153 e. The number of hydrogen-bond acceptors (Lipinski definition) is 0. The predicted molar refractivity (Wildman–Crippen MR) is 45.0 cm³/mol. The van der Waals surface area contributed by atoms with E-state index < -0.39 is 0 Å². The Hall–Kier alpha value is 1.16. The fraction of sp³-hybridized carbons (Fsp3) is 1.00. The normalized spacial score (nSPS) is 16.0. The molecule has 0 amide bonds. The monoisotopic (exact) mass is 218 g/mol. The molecule has 0 aromatic rings. The second-order valence-electron chi connectivity index (χ2n) is 1.41. The number of hydrogen-bond donors (Lipinski definition) is 0. The Morgan fingerprint density at radius 1 is 0.667 bits per heavy atom. The van der Waals surface area contributed by atoms with Crippen molar-refractivity contribution in [3.05, 3.63) is 0 Å². The van der Waals surface area contributed by atoms with Crippen molar-refractivity contribution < 1.29 is 0 Å². The first-order valence-electron chi connectivity index (χ1n) is 2.00. The van der Waals surface area contributed by atoms with Crippen molar-refractivity contribution in [1.82, 2.24) is 0 Å². The minimum atomic E-state index is 0. The van der Waals surface area contributed by atoms with Gasteiger partial charge in [0.1, 0.15) is 0 Å². The molecule has 0 aromatic carbocycles. The molecule has 1 rings (SSSR count). The topological polar surface area (TPSA) is 0 Å². The van der Waals surface area contributed by atoms with Crippen LogP contribution in [0.5, 0.6) is 0 Å². The van der Waals surface area contributed by atoms with Crippen molar-refractivity contribution in [3.8, 4) is 0 Å². The van der Waals surface area contributed by atoms with Gasteiger partial charge >= 0.3 is 0 Å². The maximum Gasteiger partial charge on any atom is -0.0533 e. The lowest BCUT2D eigenvalue weighted by molar-refractivity contribution is 0.504. The molecule has 0 nitrogen and oxygen atoms in total. The molecular formula is C4H12IP. The lowest BCUT2D eigenvalue weighted by Crippen LogP contribution is -1.85. The third-order valence-electron chi connectivity index (χ3n) is 1.000. The van der Waals surface area contributed by atoms with Crippen LogP contribution < -0.4 is 0 Å². The van der Waals surface area contributed by atoms with E-state index in [0.717, 1.165) is 0 Å². The number of rotatable bonds is 0. The average Bonchev–Trinajstić information content (AvgIpc) is 0.722. The highest BCUT2D eigenvalue weighted by atomic mass is 127. The molecule has 6 heavy (non-hydrogen) atoms. The van der Waals surface area contributed by atoms with Gasteiger partial charge in [0.15, 0.2) is 0 Å². The van der Waals surface area contributed by atoms with Gasteiger partial charge in [-0.2, -0.15) is 9.90 Å². The number of halogens is 1. The van der Waals surface area contributed by atoms with Crippen molar-refractivity contribution in [3.63, 3.8) is 0 Å². The Morgan fingerprint density at radius 2 is 0.833 bits per heavy atom. The molecule has 1 aliphatic rings. The maximum atomic E-state index is 1.50. The van der Waals surface area contributed by atoms with Crippen molar-refractivity contribution in [1.29, 1.82) is 0 Å². The second-order valence-corrected chi connectivity index (χ2v) is 1.41. The molecule has 0 aliphatic heterocycles. The molecule has 2 heteroatoms. The van der Waals surface area contributed by atoms with Gasteiger partial charge in [-0.1, -0.05) is 25.7 Å². The Balaban J connectivity index is 0. The summed E-state index contributed by atoms with van der Waals surface area (Å²) in [6, 6.07) is 0. The van der Waals surface area contributed by atoms with Crippen molar-refractivity contribution in [2.75, 3.05) is 0 Å². The van der Waals surface area contributed by atoms with Gasteiger partial charge in [0.05, 0.1) is 0 Å². The Kier molecular flexibility index (Phi) is 10.5. The zero-order chi connectivity index (χ0) is 2.83. The zero-order valence-electron chi connectivity index (χ0n) is 3.94. The SMILES string of the molecule is C1CCC1.I.P. The van der Waals surface area contributed by atoms with E-state index in [-0.39, 0.29) is 33.9 Å². The quantitative estimate of drug-likeness (QED) is 0.432. The van der Waals surface area contributed by atoms with Crippen LogP contribution in [-0.2, 0) is 0 Å². The summed E-state index contributed by atoms with van der Waals surface area (Å²) in [6.45, 7) is 0. The van der Waals surface area contributed by atoms with Crippen LogP contribution in [0.3, 0.4) is 0 Å². The lowest BCUT2D eigenvalue weighted by Gasteiger charge is -2.05. The first-order valence-corrected chi connectivity index (χ1v) is 2.00. The summed E-state index contributed by atoms with van der Waals surface area (Å²) < 4.78 is 0. The van der Waals surface area contributed by atoms with Crippen LogP contribution in [0.2, 0.25) is 0 Å². The summed E-state index contributed by atoms with van der Waals surface area (Å²) in [5.74, 6) is 0. The van der Waals surface area contributed by atoms with E-state index in [1.807, 2.05) is 0 Å². The molecule has 0 bridgehead atoms. The first kappa shape index (κ1) is 10.2. The molecule has 1 fully saturated rings. The fourth-order valence-corrected chi connectivity index (χ4v) is 0.250. The molecule has 0 radical (unpaired) electrons. The van der Waals surface area contributed by atoms with E-state index >= 15 is 0 Å². The molecule has 1 unspecified atom stereocenters. The smallest absolute Gasteiger partial charge is 0.0533 e. The van der Waals surface area contributed by atoms with Crippen LogP contribution in [0.4, 0.5) is 0 Å². The summed E-state index contributed by atoms with van der Waals surface area (Å²) in [5.41, 5.74) is 0. The van der Waals surface area contributed by atoms with E-state index in [1.54, 1.807) is 0 Å². The summed E-state index contributed by atoms with van der Waals surface area (Å²) in [7, 11) is 0. The molecular weight excluding hydrogens is 206 g/mol. The van der Waals surface area contributed by atoms with E-state index in [0.29, 0.717) is 0 Å². The highest BCUT2D eigenvalue weighted by Gasteiger charge is 1.95.